The molecule has 2 rings (SSSR count). The van der Waals surface area contributed by atoms with Gasteiger partial charge in [0.25, 0.3) is 5.91 Å². The van der Waals surface area contributed by atoms with Gasteiger partial charge in [0.15, 0.2) is 0 Å². The quantitative estimate of drug-likeness (QED) is 0.837. The molecule has 0 saturated carbocycles. The predicted molar refractivity (Wildman–Crippen MR) is 93.2 cm³/mol. The standard InChI is InChI=1S/C19H16N4O/c1-13-7-8-17(18(9-13)22-12-15(10-20)11-21)23-19(24)16-6-4-3-5-14(16)2/h3-9,12,22H,1-2H3,(H,23,24). The predicted octanol–water partition coefficient (Wildman–Crippen LogP) is 3.90. The lowest BCUT2D eigenvalue weighted by Gasteiger charge is -2.13. The molecule has 0 fully saturated rings. The number of hydrogen-bond acceptors (Lipinski definition) is 4. The van der Waals surface area contributed by atoms with Crippen LogP contribution in [0.15, 0.2) is 54.2 Å². The van der Waals surface area contributed by atoms with E-state index in [1.54, 1.807) is 24.3 Å². The first-order valence-corrected chi connectivity index (χ1v) is 7.29. The molecule has 0 atom stereocenters. The van der Waals surface area contributed by atoms with Crippen LogP contribution in [0.2, 0.25) is 0 Å². The van der Waals surface area contributed by atoms with Crippen LogP contribution in [0.4, 0.5) is 11.4 Å². The molecule has 1 amide bonds. The van der Waals surface area contributed by atoms with E-state index >= 15 is 0 Å². The van der Waals surface area contributed by atoms with Crippen molar-refractivity contribution in [2.75, 3.05) is 10.6 Å². The summed E-state index contributed by atoms with van der Waals surface area (Å²) < 4.78 is 0. The summed E-state index contributed by atoms with van der Waals surface area (Å²) in [4.78, 5) is 12.5. The molecule has 0 bridgehead atoms. The van der Waals surface area contributed by atoms with E-state index in [0.717, 1.165) is 11.1 Å². The summed E-state index contributed by atoms with van der Waals surface area (Å²) >= 11 is 0. The number of allylic oxidation sites excluding steroid dienone is 1. The summed E-state index contributed by atoms with van der Waals surface area (Å²) in [6.07, 6.45) is 1.32. The van der Waals surface area contributed by atoms with Crippen LogP contribution in [0.25, 0.3) is 0 Å². The summed E-state index contributed by atoms with van der Waals surface area (Å²) in [5, 5.41) is 23.4. The first-order valence-electron chi connectivity index (χ1n) is 7.29. The van der Waals surface area contributed by atoms with Crippen molar-refractivity contribution in [3.05, 3.63) is 70.9 Å². The van der Waals surface area contributed by atoms with Crippen molar-refractivity contribution in [1.82, 2.24) is 0 Å². The number of carbonyl (C=O) groups is 1. The minimum Gasteiger partial charge on any atom is -0.358 e. The third-order valence-corrected chi connectivity index (χ3v) is 3.43. The summed E-state index contributed by atoms with van der Waals surface area (Å²) in [5.41, 5.74) is 3.59. The van der Waals surface area contributed by atoms with E-state index < -0.39 is 0 Å². The third-order valence-electron chi connectivity index (χ3n) is 3.43. The third kappa shape index (κ3) is 4.00. The van der Waals surface area contributed by atoms with Gasteiger partial charge in [-0.15, -0.1) is 0 Å². The van der Waals surface area contributed by atoms with Gasteiger partial charge in [-0.2, -0.15) is 10.5 Å². The zero-order valence-corrected chi connectivity index (χ0v) is 13.4. The van der Waals surface area contributed by atoms with Crippen molar-refractivity contribution < 1.29 is 4.79 Å². The van der Waals surface area contributed by atoms with Crippen LogP contribution in [-0.2, 0) is 0 Å². The summed E-state index contributed by atoms with van der Waals surface area (Å²) in [5.74, 6) is -0.218. The summed E-state index contributed by atoms with van der Waals surface area (Å²) in [6.45, 7) is 3.79. The highest BCUT2D eigenvalue weighted by atomic mass is 16.1. The Morgan fingerprint density at radius 3 is 2.42 bits per heavy atom. The zero-order chi connectivity index (χ0) is 17.5. The molecular formula is C19H16N4O. The number of hydrogen-bond donors (Lipinski definition) is 2. The van der Waals surface area contributed by atoms with Crippen molar-refractivity contribution in [2.45, 2.75) is 13.8 Å². The van der Waals surface area contributed by atoms with Crippen molar-refractivity contribution in [1.29, 1.82) is 10.5 Å². The van der Waals surface area contributed by atoms with Crippen molar-refractivity contribution >= 4 is 17.3 Å². The number of amides is 1. The van der Waals surface area contributed by atoms with E-state index in [4.69, 9.17) is 10.5 Å². The molecule has 2 aromatic rings. The maximum atomic E-state index is 12.5. The van der Waals surface area contributed by atoms with Crippen LogP contribution in [0, 0.1) is 36.5 Å². The Hall–Kier alpha value is -3.57. The van der Waals surface area contributed by atoms with Gasteiger partial charge in [-0.1, -0.05) is 24.3 Å². The monoisotopic (exact) mass is 316 g/mol. The number of rotatable bonds is 4. The number of aryl methyl sites for hydroxylation is 2. The number of nitrogens with one attached hydrogen (secondary N) is 2. The fourth-order valence-electron chi connectivity index (χ4n) is 2.14. The van der Waals surface area contributed by atoms with Crippen LogP contribution in [0.1, 0.15) is 21.5 Å². The van der Waals surface area contributed by atoms with Gasteiger partial charge < -0.3 is 10.6 Å². The molecule has 118 valence electrons. The van der Waals surface area contributed by atoms with Gasteiger partial charge >= 0.3 is 0 Å². The molecule has 0 unspecified atom stereocenters. The van der Waals surface area contributed by atoms with Crippen molar-refractivity contribution in [2.24, 2.45) is 0 Å². The van der Waals surface area contributed by atoms with Gasteiger partial charge in [0.2, 0.25) is 0 Å². The van der Waals surface area contributed by atoms with Crippen LogP contribution in [-0.4, -0.2) is 5.91 Å². The Morgan fingerprint density at radius 2 is 1.75 bits per heavy atom. The molecule has 5 heteroatoms. The highest BCUT2D eigenvalue weighted by Gasteiger charge is 2.11. The minimum absolute atomic E-state index is 0.0484. The van der Waals surface area contributed by atoms with E-state index in [-0.39, 0.29) is 11.5 Å². The van der Waals surface area contributed by atoms with E-state index in [2.05, 4.69) is 10.6 Å². The zero-order valence-electron chi connectivity index (χ0n) is 13.4. The second-order valence-corrected chi connectivity index (χ2v) is 5.24. The van der Waals surface area contributed by atoms with E-state index in [9.17, 15) is 4.79 Å². The fraction of sp³-hybridized carbons (Fsp3) is 0.105. The van der Waals surface area contributed by atoms with E-state index in [0.29, 0.717) is 16.9 Å². The van der Waals surface area contributed by atoms with Gasteiger partial charge in [-0.25, -0.2) is 0 Å². The number of carbonyl (C=O) groups excluding carboxylic acids is 1. The molecule has 0 aliphatic carbocycles. The molecule has 0 saturated heterocycles. The lowest BCUT2D eigenvalue weighted by molar-refractivity contribution is 0.102. The topological polar surface area (TPSA) is 88.7 Å². The summed E-state index contributed by atoms with van der Waals surface area (Å²) in [6, 6.07) is 16.4. The molecule has 0 spiro atoms. The minimum atomic E-state index is -0.218. The lowest BCUT2D eigenvalue weighted by Crippen LogP contribution is -2.14. The molecule has 0 aromatic heterocycles. The second kappa shape index (κ2) is 7.62. The van der Waals surface area contributed by atoms with E-state index in [1.807, 2.05) is 44.2 Å². The molecule has 0 radical (unpaired) electrons. The average Bonchev–Trinajstić information content (AvgIpc) is 2.58. The highest BCUT2D eigenvalue weighted by Crippen LogP contribution is 2.24. The number of nitriles is 2. The fourth-order valence-corrected chi connectivity index (χ4v) is 2.14. The normalized spacial score (nSPS) is 9.33. The van der Waals surface area contributed by atoms with Gasteiger partial charge in [-0.3, -0.25) is 4.79 Å². The van der Waals surface area contributed by atoms with Crippen LogP contribution in [0.5, 0.6) is 0 Å². The van der Waals surface area contributed by atoms with Gasteiger partial charge in [0.1, 0.15) is 17.7 Å². The molecule has 2 aromatic carbocycles. The molecular weight excluding hydrogens is 300 g/mol. The van der Waals surface area contributed by atoms with Crippen LogP contribution < -0.4 is 10.6 Å². The molecule has 0 aliphatic heterocycles. The Balaban J connectivity index is 2.30. The molecule has 2 N–H and O–H groups in total. The Morgan fingerprint density at radius 1 is 1.04 bits per heavy atom. The van der Waals surface area contributed by atoms with Gasteiger partial charge in [-0.05, 0) is 43.2 Å². The molecule has 24 heavy (non-hydrogen) atoms. The number of benzene rings is 2. The van der Waals surface area contributed by atoms with Crippen molar-refractivity contribution in [3.8, 4) is 12.1 Å². The Labute approximate surface area is 140 Å². The largest absolute Gasteiger partial charge is 0.358 e. The van der Waals surface area contributed by atoms with Crippen LogP contribution >= 0.6 is 0 Å². The van der Waals surface area contributed by atoms with E-state index in [1.165, 1.54) is 6.20 Å². The van der Waals surface area contributed by atoms with Crippen molar-refractivity contribution in [3.63, 3.8) is 0 Å². The average molecular weight is 316 g/mol. The maximum Gasteiger partial charge on any atom is 0.255 e. The number of anilines is 2. The number of nitrogens with zero attached hydrogens (tertiary/aromatic N) is 2. The molecule has 5 nitrogen and oxygen atoms in total. The Kier molecular flexibility index (Phi) is 5.33. The first kappa shape index (κ1) is 16.8. The molecule has 0 aliphatic rings. The highest BCUT2D eigenvalue weighted by molar-refractivity contribution is 6.06. The second-order valence-electron chi connectivity index (χ2n) is 5.24. The Bertz CT molecular complexity index is 869. The first-order chi connectivity index (χ1) is 11.5. The van der Waals surface area contributed by atoms with Gasteiger partial charge in [0.05, 0.1) is 11.4 Å². The van der Waals surface area contributed by atoms with Gasteiger partial charge in [0, 0.05) is 11.8 Å². The van der Waals surface area contributed by atoms with Crippen LogP contribution in [0.3, 0.4) is 0 Å². The molecule has 0 heterocycles. The smallest absolute Gasteiger partial charge is 0.255 e. The summed E-state index contributed by atoms with van der Waals surface area (Å²) in [7, 11) is 0. The lowest BCUT2D eigenvalue weighted by atomic mass is 10.1. The maximum absolute atomic E-state index is 12.5. The SMILES string of the molecule is Cc1ccc(NC(=O)c2ccccc2C)c(NC=C(C#N)C#N)c1.